The minimum absolute atomic E-state index is 0.00440. The third-order valence-electron chi connectivity index (χ3n) is 7.10. The van der Waals surface area contributed by atoms with Crippen molar-refractivity contribution in [2.75, 3.05) is 39.0 Å². The van der Waals surface area contributed by atoms with E-state index in [1.807, 2.05) is 32.0 Å². The Morgan fingerprint density at radius 3 is 2.39 bits per heavy atom. The molecule has 174 valence electrons. The molecule has 3 rings (SSSR count). The molecule has 0 amide bonds. The Kier molecular flexibility index (Phi) is 8.16. The average Bonchev–Trinajstić information content (AvgIpc) is 2.78. The van der Waals surface area contributed by atoms with E-state index in [0.29, 0.717) is 37.2 Å². The number of ketones is 1. The van der Waals surface area contributed by atoms with Gasteiger partial charge in [0, 0.05) is 38.1 Å². The van der Waals surface area contributed by atoms with E-state index in [0.717, 1.165) is 37.9 Å². The highest BCUT2D eigenvalue weighted by molar-refractivity contribution is 7.89. The largest absolute Gasteiger partial charge is 0.496 e. The van der Waals surface area contributed by atoms with Crippen molar-refractivity contribution in [1.29, 1.82) is 0 Å². The van der Waals surface area contributed by atoms with Crippen molar-refractivity contribution in [3.8, 4) is 5.75 Å². The summed E-state index contributed by atoms with van der Waals surface area (Å²) in [5, 5.41) is 0. The van der Waals surface area contributed by atoms with Gasteiger partial charge in [0.05, 0.1) is 18.4 Å². The third kappa shape index (κ3) is 5.49. The van der Waals surface area contributed by atoms with E-state index >= 15 is 0 Å². The fourth-order valence-corrected chi connectivity index (χ4v) is 6.90. The van der Waals surface area contributed by atoms with Crippen LogP contribution in [0.4, 0.5) is 0 Å². The van der Waals surface area contributed by atoms with Crippen LogP contribution in [0.3, 0.4) is 0 Å². The van der Waals surface area contributed by atoms with Gasteiger partial charge in [-0.25, -0.2) is 8.42 Å². The van der Waals surface area contributed by atoms with Crippen LogP contribution >= 0.6 is 0 Å². The number of benzene rings is 1. The van der Waals surface area contributed by atoms with Crippen LogP contribution in [0.1, 0.15) is 74.2 Å². The molecule has 2 fully saturated rings. The Morgan fingerprint density at radius 2 is 1.77 bits per heavy atom. The number of hydrogen-bond acceptors (Lipinski definition) is 5. The van der Waals surface area contributed by atoms with Crippen molar-refractivity contribution in [2.45, 2.75) is 70.8 Å². The van der Waals surface area contributed by atoms with Gasteiger partial charge in [-0.15, -0.1) is 0 Å². The predicted molar refractivity (Wildman–Crippen MR) is 124 cm³/mol. The van der Waals surface area contributed by atoms with Gasteiger partial charge in [0.15, 0.2) is 5.78 Å². The molecule has 1 aliphatic heterocycles. The fourth-order valence-electron chi connectivity index (χ4n) is 5.40. The molecule has 7 heteroatoms. The summed E-state index contributed by atoms with van der Waals surface area (Å²) in [7, 11) is -1.53. The van der Waals surface area contributed by atoms with Gasteiger partial charge < -0.3 is 4.74 Å². The second-order valence-corrected chi connectivity index (χ2v) is 11.2. The van der Waals surface area contributed by atoms with E-state index in [-0.39, 0.29) is 17.1 Å². The molecule has 2 aliphatic rings. The van der Waals surface area contributed by atoms with Crippen LogP contribution in [-0.4, -0.2) is 68.0 Å². The lowest BCUT2D eigenvalue weighted by Crippen LogP contribution is -2.58. The first-order valence-electron chi connectivity index (χ1n) is 11.7. The lowest BCUT2D eigenvalue weighted by atomic mass is 9.76. The topological polar surface area (TPSA) is 66.9 Å². The van der Waals surface area contributed by atoms with Crippen LogP contribution in [-0.2, 0) is 10.0 Å². The van der Waals surface area contributed by atoms with Gasteiger partial charge >= 0.3 is 0 Å². The molecule has 1 saturated carbocycles. The van der Waals surface area contributed by atoms with E-state index in [9.17, 15) is 13.2 Å². The van der Waals surface area contributed by atoms with Crippen molar-refractivity contribution in [3.63, 3.8) is 0 Å². The zero-order valence-electron chi connectivity index (χ0n) is 19.4. The molecule has 0 N–H and O–H groups in total. The molecule has 0 unspecified atom stereocenters. The second kappa shape index (κ2) is 10.5. The number of carbonyl (C=O) groups is 1. The first-order valence-corrected chi connectivity index (χ1v) is 13.3. The van der Waals surface area contributed by atoms with E-state index in [2.05, 4.69) is 4.90 Å². The predicted octanol–water partition coefficient (Wildman–Crippen LogP) is 4.03. The van der Waals surface area contributed by atoms with E-state index in [4.69, 9.17) is 4.74 Å². The van der Waals surface area contributed by atoms with Gasteiger partial charge in [-0.05, 0) is 44.2 Å². The smallest absolute Gasteiger partial charge is 0.214 e. The molecule has 0 bridgehead atoms. The molecule has 31 heavy (non-hydrogen) atoms. The highest BCUT2D eigenvalue weighted by Gasteiger charge is 2.40. The molecule has 0 radical (unpaired) electrons. The molecule has 1 aromatic rings. The Labute approximate surface area is 188 Å². The number of hydrogen-bond donors (Lipinski definition) is 0. The molecule has 1 heterocycles. The molecule has 0 aromatic heterocycles. The summed E-state index contributed by atoms with van der Waals surface area (Å²) in [6, 6.07) is 5.73. The monoisotopic (exact) mass is 450 g/mol. The first-order chi connectivity index (χ1) is 14.8. The molecular formula is C24H38N2O4S. The summed E-state index contributed by atoms with van der Waals surface area (Å²) in [6.45, 7) is 6.50. The highest BCUT2D eigenvalue weighted by atomic mass is 32.2. The van der Waals surface area contributed by atoms with Gasteiger partial charge in [-0.1, -0.05) is 38.3 Å². The zero-order chi connectivity index (χ0) is 22.5. The third-order valence-corrected chi connectivity index (χ3v) is 9.18. The van der Waals surface area contributed by atoms with Crippen LogP contribution in [0.15, 0.2) is 18.2 Å². The number of ether oxygens (including phenoxy) is 1. The van der Waals surface area contributed by atoms with Crippen LogP contribution in [0.5, 0.6) is 5.75 Å². The van der Waals surface area contributed by atoms with E-state index < -0.39 is 10.0 Å². The molecule has 1 aromatic carbocycles. The Hall–Kier alpha value is -1.44. The second-order valence-electron chi connectivity index (χ2n) is 9.06. The lowest BCUT2D eigenvalue weighted by Gasteiger charge is -2.50. The van der Waals surface area contributed by atoms with Crippen LogP contribution < -0.4 is 4.74 Å². The number of Topliss-reactive ketones (excluding diaryl/α,β-unsaturated/α-hetero) is 1. The summed E-state index contributed by atoms with van der Waals surface area (Å²) >= 11 is 0. The maximum absolute atomic E-state index is 13.2. The number of piperazine rings is 1. The van der Waals surface area contributed by atoms with Gasteiger partial charge in [0.1, 0.15) is 5.75 Å². The van der Waals surface area contributed by atoms with Gasteiger partial charge in [-0.3, -0.25) is 9.69 Å². The summed E-state index contributed by atoms with van der Waals surface area (Å²) in [6.07, 6.45) is 7.75. The first kappa shape index (κ1) is 24.2. The van der Waals surface area contributed by atoms with Crippen molar-refractivity contribution in [1.82, 2.24) is 9.21 Å². The Balaban J connectivity index is 1.70. The number of carbonyl (C=O) groups excluding carboxylic acids is 1. The summed E-state index contributed by atoms with van der Waals surface area (Å²) in [5.74, 6) is 1.02. The summed E-state index contributed by atoms with van der Waals surface area (Å²) in [4.78, 5) is 15.7. The fraction of sp³-hybridized carbons (Fsp3) is 0.708. The number of sulfonamides is 1. The molecular weight excluding hydrogens is 412 g/mol. The molecule has 1 aliphatic carbocycles. The SMILES string of the molecule is CCCS(=O)(=O)N1CCN(C2(CCC(=O)c3c(C)cccc3OC)CCCCC2)CC1. The van der Waals surface area contributed by atoms with Crippen molar-refractivity contribution < 1.29 is 17.9 Å². The van der Waals surface area contributed by atoms with Gasteiger partial charge in [0.2, 0.25) is 10.0 Å². The number of nitrogens with zero attached hydrogens (tertiary/aromatic N) is 2. The Bertz CT molecular complexity index is 854. The van der Waals surface area contributed by atoms with Crippen LogP contribution in [0.2, 0.25) is 0 Å². The quantitative estimate of drug-likeness (QED) is 0.532. The van der Waals surface area contributed by atoms with E-state index in [1.165, 1.54) is 19.3 Å². The van der Waals surface area contributed by atoms with Crippen LogP contribution in [0.25, 0.3) is 0 Å². The highest BCUT2D eigenvalue weighted by Crippen LogP contribution is 2.39. The standard InChI is InChI=1S/C24H38N2O4S/c1-4-19-31(28,29)26-17-15-25(16-18-26)24(12-6-5-7-13-24)14-11-21(27)23-20(2)9-8-10-22(23)30-3/h8-10H,4-7,11-19H2,1-3H3. The summed E-state index contributed by atoms with van der Waals surface area (Å²) < 4.78 is 32.0. The molecule has 1 saturated heterocycles. The number of aryl methyl sites for hydroxylation is 1. The maximum Gasteiger partial charge on any atom is 0.214 e. The molecule has 6 nitrogen and oxygen atoms in total. The van der Waals surface area contributed by atoms with Crippen molar-refractivity contribution >= 4 is 15.8 Å². The number of rotatable bonds is 9. The summed E-state index contributed by atoms with van der Waals surface area (Å²) in [5.41, 5.74) is 1.66. The van der Waals surface area contributed by atoms with Crippen molar-refractivity contribution in [3.05, 3.63) is 29.3 Å². The zero-order valence-corrected chi connectivity index (χ0v) is 20.2. The minimum Gasteiger partial charge on any atom is -0.496 e. The molecule has 0 atom stereocenters. The molecule has 0 spiro atoms. The van der Waals surface area contributed by atoms with Crippen molar-refractivity contribution in [2.24, 2.45) is 0 Å². The van der Waals surface area contributed by atoms with Gasteiger partial charge in [0.25, 0.3) is 0 Å². The van der Waals surface area contributed by atoms with Gasteiger partial charge in [-0.2, -0.15) is 4.31 Å². The maximum atomic E-state index is 13.2. The van der Waals surface area contributed by atoms with Crippen LogP contribution in [0, 0.1) is 6.92 Å². The average molecular weight is 451 g/mol. The minimum atomic E-state index is -3.14. The Morgan fingerprint density at radius 1 is 1.10 bits per heavy atom. The number of methoxy groups -OCH3 is 1. The van der Waals surface area contributed by atoms with E-state index in [1.54, 1.807) is 11.4 Å². The lowest BCUT2D eigenvalue weighted by molar-refractivity contribution is 0.0165. The normalized spacial score (nSPS) is 20.5.